The molecule has 0 radical (unpaired) electrons. The molecule has 1 fully saturated rings. The van der Waals surface area contributed by atoms with E-state index >= 15 is 0 Å². The molecule has 2 aromatic rings. The maximum atomic E-state index is 12.3. The average molecular weight is 430 g/mol. The molecule has 2 N–H and O–H groups in total. The standard InChI is InChI=1S/C23H31N3OS2/c1-18-9-11-19(12-10-18)13-14-24-22(27)16-25-23(28)26(17-21-8-5-15-29-21)20-6-3-2-4-7-20/h5,8-12,15,20H,2-4,6-7,13-14,16-17H2,1H3,(H,24,27)(H,25,28). The molecule has 4 nitrogen and oxygen atoms in total. The van der Waals surface area contributed by atoms with Gasteiger partial charge < -0.3 is 15.5 Å². The highest BCUT2D eigenvalue weighted by atomic mass is 32.1. The first-order valence-electron chi connectivity index (χ1n) is 10.5. The number of thiophene rings is 1. The van der Waals surface area contributed by atoms with E-state index in [1.165, 1.54) is 48.1 Å². The van der Waals surface area contributed by atoms with Gasteiger partial charge in [0.05, 0.1) is 13.1 Å². The Bertz CT molecular complexity index is 768. The number of aryl methyl sites for hydroxylation is 1. The summed E-state index contributed by atoms with van der Waals surface area (Å²) in [5, 5.41) is 8.98. The van der Waals surface area contributed by atoms with Gasteiger partial charge in [-0.05, 0) is 55.4 Å². The zero-order valence-electron chi connectivity index (χ0n) is 17.2. The number of carbonyl (C=O) groups excluding carboxylic acids is 1. The zero-order valence-corrected chi connectivity index (χ0v) is 18.8. The molecule has 156 valence electrons. The fraction of sp³-hybridized carbons (Fsp3) is 0.478. The minimum atomic E-state index is -0.0146. The van der Waals surface area contributed by atoms with Crippen molar-refractivity contribution in [2.75, 3.05) is 13.1 Å². The molecular formula is C23H31N3OS2. The predicted octanol–water partition coefficient (Wildman–Crippen LogP) is 4.42. The second-order valence-electron chi connectivity index (χ2n) is 7.74. The molecule has 3 rings (SSSR count). The van der Waals surface area contributed by atoms with Gasteiger partial charge in [0.1, 0.15) is 0 Å². The van der Waals surface area contributed by atoms with Crippen LogP contribution < -0.4 is 10.6 Å². The summed E-state index contributed by atoms with van der Waals surface area (Å²) in [6.45, 7) is 3.76. The van der Waals surface area contributed by atoms with Crippen LogP contribution in [0.15, 0.2) is 41.8 Å². The normalized spacial score (nSPS) is 14.4. The molecule has 1 amide bonds. The molecule has 0 atom stereocenters. The molecule has 0 aliphatic heterocycles. The summed E-state index contributed by atoms with van der Waals surface area (Å²) >= 11 is 7.45. The molecule has 1 aliphatic carbocycles. The van der Waals surface area contributed by atoms with Crippen molar-refractivity contribution in [3.8, 4) is 0 Å². The SMILES string of the molecule is Cc1ccc(CCNC(=O)CNC(=S)N(Cc2cccs2)C2CCCCC2)cc1. The summed E-state index contributed by atoms with van der Waals surface area (Å²) < 4.78 is 0. The molecule has 6 heteroatoms. The van der Waals surface area contributed by atoms with Crippen LogP contribution in [0.4, 0.5) is 0 Å². The van der Waals surface area contributed by atoms with Crippen molar-refractivity contribution in [2.24, 2.45) is 0 Å². The molecule has 0 spiro atoms. The fourth-order valence-corrected chi connectivity index (χ4v) is 4.74. The van der Waals surface area contributed by atoms with E-state index < -0.39 is 0 Å². The van der Waals surface area contributed by atoms with Gasteiger partial charge in [-0.2, -0.15) is 0 Å². The molecule has 1 heterocycles. The number of thiocarbonyl (C=S) groups is 1. The van der Waals surface area contributed by atoms with Crippen LogP contribution >= 0.6 is 23.6 Å². The van der Waals surface area contributed by atoms with Gasteiger partial charge in [-0.15, -0.1) is 11.3 Å². The lowest BCUT2D eigenvalue weighted by molar-refractivity contribution is -0.120. The molecule has 1 aromatic heterocycles. The van der Waals surface area contributed by atoms with Gasteiger partial charge in [-0.25, -0.2) is 0 Å². The van der Waals surface area contributed by atoms with Crippen LogP contribution in [0.25, 0.3) is 0 Å². The summed E-state index contributed by atoms with van der Waals surface area (Å²) in [5.74, 6) is -0.0146. The monoisotopic (exact) mass is 429 g/mol. The summed E-state index contributed by atoms with van der Waals surface area (Å²) in [5.41, 5.74) is 2.49. The van der Waals surface area contributed by atoms with Crippen LogP contribution in [0.1, 0.15) is 48.1 Å². The van der Waals surface area contributed by atoms with Gasteiger partial charge in [-0.1, -0.05) is 55.2 Å². The molecule has 1 saturated carbocycles. The number of nitrogens with one attached hydrogen (secondary N) is 2. The van der Waals surface area contributed by atoms with Crippen LogP contribution in [0, 0.1) is 6.92 Å². The molecule has 0 bridgehead atoms. The summed E-state index contributed by atoms with van der Waals surface area (Å²) in [6, 6.07) is 13.1. The topological polar surface area (TPSA) is 44.4 Å². The van der Waals surface area contributed by atoms with Gasteiger partial charge in [0.15, 0.2) is 5.11 Å². The van der Waals surface area contributed by atoms with Crippen molar-refractivity contribution in [3.63, 3.8) is 0 Å². The van der Waals surface area contributed by atoms with Gasteiger partial charge in [0, 0.05) is 17.5 Å². The smallest absolute Gasteiger partial charge is 0.239 e. The van der Waals surface area contributed by atoms with Crippen molar-refractivity contribution < 1.29 is 4.79 Å². The third-order valence-corrected chi connectivity index (χ3v) is 6.68. The van der Waals surface area contributed by atoms with E-state index in [1.54, 1.807) is 11.3 Å². The number of hydrogen-bond acceptors (Lipinski definition) is 3. The van der Waals surface area contributed by atoms with Crippen LogP contribution in [0.5, 0.6) is 0 Å². The second-order valence-corrected chi connectivity index (χ2v) is 9.16. The first-order chi connectivity index (χ1) is 14.1. The third-order valence-electron chi connectivity index (χ3n) is 5.44. The zero-order chi connectivity index (χ0) is 20.5. The molecule has 0 saturated heterocycles. The van der Waals surface area contributed by atoms with Crippen molar-refractivity contribution in [2.45, 2.75) is 58.0 Å². The number of amides is 1. The van der Waals surface area contributed by atoms with Crippen LogP contribution in [-0.4, -0.2) is 35.1 Å². The Balaban J connectivity index is 1.45. The largest absolute Gasteiger partial charge is 0.354 e. The lowest BCUT2D eigenvalue weighted by atomic mass is 9.94. The van der Waals surface area contributed by atoms with E-state index in [-0.39, 0.29) is 12.5 Å². The Kier molecular flexibility index (Phi) is 8.50. The Hall–Kier alpha value is -1.92. The highest BCUT2D eigenvalue weighted by Crippen LogP contribution is 2.25. The minimum absolute atomic E-state index is 0.0146. The maximum absolute atomic E-state index is 12.3. The van der Waals surface area contributed by atoms with Crippen LogP contribution in [0.3, 0.4) is 0 Å². The van der Waals surface area contributed by atoms with Crippen molar-refractivity contribution >= 4 is 34.6 Å². The van der Waals surface area contributed by atoms with E-state index in [0.717, 1.165) is 13.0 Å². The lowest BCUT2D eigenvalue weighted by Gasteiger charge is -2.36. The van der Waals surface area contributed by atoms with Gasteiger partial charge in [0.25, 0.3) is 0 Å². The number of benzene rings is 1. The van der Waals surface area contributed by atoms with Crippen LogP contribution in [-0.2, 0) is 17.8 Å². The van der Waals surface area contributed by atoms with E-state index in [9.17, 15) is 4.79 Å². The molecule has 29 heavy (non-hydrogen) atoms. The van der Waals surface area contributed by atoms with Gasteiger partial charge >= 0.3 is 0 Å². The first-order valence-corrected chi connectivity index (χ1v) is 11.8. The number of hydrogen-bond donors (Lipinski definition) is 2. The van der Waals surface area contributed by atoms with E-state index in [0.29, 0.717) is 17.7 Å². The predicted molar refractivity (Wildman–Crippen MR) is 125 cm³/mol. The van der Waals surface area contributed by atoms with Gasteiger partial charge in [0.2, 0.25) is 5.91 Å². The Morgan fingerprint density at radius 3 is 2.59 bits per heavy atom. The van der Waals surface area contributed by atoms with Crippen molar-refractivity contribution in [3.05, 3.63) is 57.8 Å². The molecule has 0 unspecified atom stereocenters. The summed E-state index contributed by atoms with van der Waals surface area (Å²) in [6.07, 6.45) is 7.02. The Morgan fingerprint density at radius 2 is 1.90 bits per heavy atom. The highest BCUT2D eigenvalue weighted by Gasteiger charge is 2.24. The minimum Gasteiger partial charge on any atom is -0.354 e. The fourth-order valence-electron chi connectivity index (χ4n) is 3.75. The van der Waals surface area contributed by atoms with E-state index in [1.807, 2.05) is 0 Å². The molecular weight excluding hydrogens is 398 g/mol. The van der Waals surface area contributed by atoms with Gasteiger partial charge in [-0.3, -0.25) is 4.79 Å². The summed E-state index contributed by atoms with van der Waals surface area (Å²) in [4.78, 5) is 15.9. The van der Waals surface area contributed by atoms with Crippen molar-refractivity contribution in [1.29, 1.82) is 0 Å². The molecule has 1 aliphatic rings. The number of carbonyl (C=O) groups is 1. The lowest BCUT2D eigenvalue weighted by Crippen LogP contribution is -2.48. The average Bonchev–Trinajstić information content (AvgIpc) is 3.26. The first kappa shape index (κ1) is 21.8. The quantitative estimate of drug-likeness (QED) is 0.610. The third kappa shape index (κ3) is 7.12. The summed E-state index contributed by atoms with van der Waals surface area (Å²) in [7, 11) is 0. The Labute approximate surface area is 183 Å². The maximum Gasteiger partial charge on any atom is 0.239 e. The number of rotatable bonds is 8. The van der Waals surface area contributed by atoms with E-state index in [4.69, 9.17) is 12.2 Å². The molecule has 1 aromatic carbocycles. The van der Waals surface area contributed by atoms with Crippen LogP contribution in [0.2, 0.25) is 0 Å². The number of nitrogens with zero attached hydrogens (tertiary/aromatic N) is 1. The highest BCUT2D eigenvalue weighted by molar-refractivity contribution is 7.80. The van der Waals surface area contributed by atoms with Crippen molar-refractivity contribution in [1.82, 2.24) is 15.5 Å². The van der Waals surface area contributed by atoms with E-state index in [2.05, 4.69) is 64.2 Å². The Morgan fingerprint density at radius 1 is 1.14 bits per heavy atom. The second kappa shape index (κ2) is 11.3.